The lowest BCUT2D eigenvalue weighted by Gasteiger charge is -2.09. The first-order valence-electron chi connectivity index (χ1n) is 8.72. The third-order valence-corrected chi connectivity index (χ3v) is 4.65. The van der Waals surface area contributed by atoms with Crippen LogP contribution in [0.4, 0.5) is 0 Å². The Labute approximate surface area is 161 Å². The highest BCUT2D eigenvalue weighted by Gasteiger charge is 2.39. The number of carbonyl (C=O) groups excluding carboxylic acids is 4. The fourth-order valence-electron chi connectivity index (χ4n) is 3.28. The summed E-state index contributed by atoms with van der Waals surface area (Å²) in [5.74, 6) is -2.47. The fourth-order valence-corrected chi connectivity index (χ4v) is 3.28. The molecule has 0 N–H and O–H groups in total. The van der Waals surface area contributed by atoms with Gasteiger partial charge in [0, 0.05) is 22.3 Å². The lowest BCUT2D eigenvalue weighted by atomic mass is 9.89. The van der Waals surface area contributed by atoms with Gasteiger partial charge < -0.3 is 0 Å². The minimum atomic E-state index is -0.640. The van der Waals surface area contributed by atoms with Crippen molar-refractivity contribution in [1.29, 1.82) is 0 Å². The number of hydrogen-bond acceptors (Lipinski definition) is 4. The standard InChI is InChI=1S/C24H14O4/c25-21(15-9-3-1-4-10-15)19(22(26)16-11-5-2-6-12-16)20-23(27)17-13-7-8-14-18(17)24(20)28/h1-14H. The van der Waals surface area contributed by atoms with E-state index in [2.05, 4.69) is 0 Å². The van der Waals surface area contributed by atoms with Crippen molar-refractivity contribution in [2.45, 2.75) is 0 Å². The molecule has 134 valence electrons. The molecule has 1 aliphatic carbocycles. The zero-order valence-electron chi connectivity index (χ0n) is 14.7. The molecule has 0 bridgehead atoms. The van der Waals surface area contributed by atoms with Crippen LogP contribution in [-0.2, 0) is 0 Å². The molecule has 0 spiro atoms. The van der Waals surface area contributed by atoms with Crippen LogP contribution < -0.4 is 0 Å². The second-order valence-corrected chi connectivity index (χ2v) is 6.34. The molecular formula is C24H14O4. The van der Waals surface area contributed by atoms with Crippen molar-refractivity contribution < 1.29 is 19.2 Å². The van der Waals surface area contributed by atoms with E-state index in [-0.39, 0.29) is 33.4 Å². The molecule has 1 aliphatic rings. The first kappa shape index (κ1) is 17.5. The highest BCUT2D eigenvalue weighted by atomic mass is 16.2. The van der Waals surface area contributed by atoms with Gasteiger partial charge in [0.2, 0.25) is 0 Å². The summed E-state index contributed by atoms with van der Waals surface area (Å²) in [5.41, 5.74) is 0.160. The Morgan fingerprint density at radius 1 is 0.500 bits per heavy atom. The van der Waals surface area contributed by atoms with Crippen molar-refractivity contribution in [3.63, 3.8) is 0 Å². The predicted octanol–water partition coefficient (Wildman–Crippen LogP) is 4.13. The zero-order chi connectivity index (χ0) is 19.7. The first-order valence-corrected chi connectivity index (χ1v) is 8.72. The van der Waals surface area contributed by atoms with Crippen LogP contribution in [0.2, 0.25) is 0 Å². The lowest BCUT2D eigenvalue weighted by Crippen LogP contribution is -2.20. The molecule has 28 heavy (non-hydrogen) atoms. The minimum Gasteiger partial charge on any atom is -0.288 e. The number of carbonyl (C=O) groups is 4. The molecule has 4 nitrogen and oxygen atoms in total. The van der Waals surface area contributed by atoms with E-state index in [0.717, 1.165) is 0 Å². The number of fused-ring (bicyclic) bond motifs is 1. The Hall–Kier alpha value is -3.92. The van der Waals surface area contributed by atoms with Crippen molar-refractivity contribution >= 4 is 23.1 Å². The Morgan fingerprint density at radius 2 is 0.857 bits per heavy atom. The summed E-state index contributed by atoms with van der Waals surface area (Å²) in [5, 5.41) is 0. The van der Waals surface area contributed by atoms with E-state index < -0.39 is 23.1 Å². The molecule has 3 aromatic carbocycles. The molecular weight excluding hydrogens is 352 g/mol. The summed E-state index contributed by atoms with van der Waals surface area (Å²) in [6, 6.07) is 22.7. The molecule has 0 amide bonds. The van der Waals surface area contributed by atoms with E-state index >= 15 is 0 Å². The van der Waals surface area contributed by atoms with Crippen LogP contribution in [0.5, 0.6) is 0 Å². The summed E-state index contributed by atoms with van der Waals surface area (Å²) in [6.45, 7) is 0. The molecule has 0 saturated carbocycles. The van der Waals surface area contributed by atoms with E-state index in [9.17, 15) is 19.2 Å². The third-order valence-electron chi connectivity index (χ3n) is 4.65. The maximum absolute atomic E-state index is 13.2. The topological polar surface area (TPSA) is 68.3 Å². The van der Waals surface area contributed by atoms with Gasteiger partial charge in [-0.1, -0.05) is 84.9 Å². The highest BCUT2D eigenvalue weighted by Crippen LogP contribution is 2.31. The van der Waals surface area contributed by atoms with Crippen LogP contribution in [0.15, 0.2) is 96.1 Å². The van der Waals surface area contributed by atoms with Crippen LogP contribution in [0.3, 0.4) is 0 Å². The monoisotopic (exact) mass is 366 g/mol. The second-order valence-electron chi connectivity index (χ2n) is 6.34. The lowest BCUT2D eigenvalue weighted by molar-refractivity contribution is 0.0920. The normalized spacial score (nSPS) is 12.6. The molecule has 3 aromatic rings. The third kappa shape index (κ3) is 2.81. The van der Waals surface area contributed by atoms with Crippen molar-refractivity contribution in [2.24, 2.45) is 0 Å². The molecule has 4 rings (SSSR count). The summed E-state index contributed by atoms with van der Waals surface area (Å²) in [4.78, 5) is 52.3. The van der Waals surface area contributed by atoms with Crippen molar-refractivity contribution in [3.05, 3.63) is 118 Å². The number of ketones is 4. The quantitative estimate of drug-likeness (QED) is 0.301. The van der Waals surface area contributed by atoms with E-state index in [1.807, 2.05) is 0 Å². The number of Topliss-reactive ketones (excluding diaryl/α,β-unsaturated/α-hetero) is 4. The minimum absolute atomic E-state index is 0.210. The van der Waals surface area contributed by atoms with Gasteiger partial charge in [0.25, 0.3) is 0 Å². The maximum Gasteiger partial charge on any atom is 0.198 e. The van der Waals surface area contributed by atoms with Gasteiger partial charge in [0.15, 0.2) is 23.1 Å². The zero-order valence-corrected chi connectivity index (χ0v) is 14.7. The highest BCUT2D eigenvalue weighted by molar-refractivity contribution is 6.47. The molecule has 0 unspecified atom stereocenters. The van der Waals surface area contributed by atoms with Crippen molar-refractivity contribution in [3.8, 4) is 0 Å². The predicted molar refractivity (Wildman–Crippen MR) is 104 cm³/mol. The number of rotatable bonds is 4. The smallest absolute Gasteiger partial charge is 0.198 e. The second kappa shape index (κ2) is 7.00. The molecule has 0 radical (unpaired) electrons. The largest absolute Gasteiger partial charge is 0.288 e. The number of allylic oxidation sites excluding steroid dienone is 2. The van der Waals surface area contributed by atoms with Gasteiger partial charge in [0.1, 0.15) is 0 Å². The van der Waals surface area contributed by atoms with Gasteiger partial charge in [-0.25, -0.2) is 0 Å². The summed E-state index contributed by atoms with van der Waals surface area (Å²) in [6.07, 6.45) is 0. The van der Waals surface area contributed by atoms with Crippen LogP contribution in [0, 0.1) is 0 Å². The van der Waals surface area contributed by atoms with E-state index in [4.69, 9.17) is 0 Å². The average Bonchev–Trinajstić information content (AvgIpc) is 3.00. The Kier molecular flexibility index (Phi) is 4.38. The van der Waals surface area contributed by atoms with Gasteiger partial charge in [-0.3, -0.25) is 19.2 Å². The van der Waals surface area contributed by atoms with Crippen molar-refractivity contribution in [1.82, 2.24) is 0 Å². The van der Waals surface area contributed by atoms with Crippen molar-refractivity contribution in [2.75, 3.05) is 0 Å². The van der Waals surface area contributed by atoms with E-state index in [1.54, 1.807) is 72.8 Å². The van der Waals surface area contributed by atoms with E-state index in [1.165, 1.54) is 12.1 Å². The Morgan fingerprint density at radius 3 is 1.25 bits per heavy atom. The summed E-state index contributed by atoms with van der Waals surface area (Å²) in [7, 11) is 0. The summed E-state index contributed by atoms with van der Waals surface area (Å²) < 4.78 is 0. The SMILES string of the molecule is O=C(C(C(=O)c1ccccc1)=C1C(=O)c2ccccc2C1=O)c1ccccc1. The molecule has 0 fully saturated rings. The Balaban J connectivity index is 1.95. The van der Waals surface area contributed by atoms with Gasteiger partial charge in [-0.2, -0.15) is 0 Å². The van der Waals surface area contributed by atoms with Crippen LogP contribution >= 0.6 is 0 Å². The molecule has 0 heterocycles. The first-order chi connectivity index (χ1) is 13.6. The van der Waals surface area contributed by atoms with Gasteiger partial charge in [0.05, 0.1) is 11.1 Å². The van der Waals surface area contributed by atoms with Crippen LogP contribution in [-0.4, -0.2) is 23.1 Å². The average molecular weight is 366 g/mol. The molecule has 0 aliphatic heterocycles. The molecule has 0 aromatic heterocycles. The maximum atomic E-state index is 13.2. The Bertz CT molecular complexity index is 1060. The molecule has 4 heteroatoms. The van der Waals surface area contributed by atoms with E-state index in [0.29, 0.717) is 0 Å². The molecule has 0 saturated heterocycles. The molecule has 0 atom stereocenters. The van der Waals surface area contributed by atoms with Crippen LogP contribution in [0.1, 0.15) is 41.4 Å². The van der Waals surface area contributed by atoms with Crippen LogP contribution in [0.25, 0.3) is 0 Å². The summed E-state index contributed by atoms with van der Waals surface area (Å²) >= 11 is 0. The number of hydrogen-bond donors (Lipinski definition) is 0. The van der Waals surface area contributed by atoms with Gasteiger partial charge in [-0.15, -0.1) is 0 Å². The number of benzene rings is 3. The van der Waals surface area contributed by atoms with Gasteiger partial charge in [-0.05, 0) is 0 Å². The fraction of sp³-hybridized carbons (Fsp3) is 0. The van der Waals surface area contributed by atoms with Gasteiger partial charge >= 0.3 is 0 Å².